The Kier molecular flexibility index (Phi) is 2.74. The average Bonchev–Trinajstić information content (AvgIpc) is 2.92. The van der Waals surface area contributed by atoms with Crippen LogP contribution >= 0.6 is 0 Å². The lowest BCUT2D eigenvalue weighted by Crippen LogP contribution is -2.18. The van der Waals surface area contributed by atoms with Crippen LogP contribution in [0.25, 0.3) is 0 Å². The first-order chi connectivity index (χ1) is 7.83. The van der Waals surface area contributed by atoms with Crippen molar-refractivity contribution in [3.05, 3.63) is 11.8 Å². The highest BCUT2D eigenvalue weighted by molar-refractivity contribution is 5.93. The van der Waals surface area contributed by atoms with Crippen LogP contribution < -0.4 is 0 Å². The summed E-state index contributed by atoms with van der Waals surface area (Å²) < 4.78 is 5.44. The van der Waals surface area contributed by atoms with Crippen molar-refractivity contribution in [1.82, 2.24) is 0 Å². The fourth-order valence-electron chi connectivity index (χ4n) is 3.72. The Bertz CT molecular complexity index is 319. The number of ketones is 1. The Balaban J connectivity index is 1.58. The van der Waals surface area contributed by atoms with Crippen molar-refractivity contribution in [3.8, 4) is 0 Å². The molecular formula is C14H20O2. The Morgan fingerprint density at radius 1 is 1.38 bits per heavy atom. The third kappa shape index (κ3) is 1.90. The summed E-state index contributed by atoms with van der Waals surface area (Å²) in [5, 5.41) is 0. The third-order valence-electron chi connectivity index (χ3n) is 4.54. The van der Waals surface area contributed by atoms with Crippen molar-refractivity contribution in [2.24, 2.45) is 17.8 Å². The summed E-state index contributed by atoms with van der Waals surface area (Å²) in [6, 6.07) is 0. The van der Waals surface area contributed by atoms with E-state index in [4.69, 9.17) is 4.74 Å². The van der Waals surface area contributed by atoms with Crippen LogP contribution in [0.3, 0.4) is 0 Å². The lowest BCUT2D eigenvalue weighted by atomic mass is 9.85. The molecular weight excluding hydrogens is 200 g/mol. The SMILES string of the molecule is O=C(CC1CC2CCC1C2)C1=CCCCO1. The van der Waals surface area contributed by atoms with Crippen LogP contribution in [0, 0.1) is 17.8 Å². The summed E-state index contributed by atoms with van der Waals surface area (Å²) >= 11 is 0. The van der Waals surface area contributed by atoms with Crippen molar-refractivity contribution in [3.63, 3.8) is 0 Å². The van der Waals surface area contributed by atoms with Gasteiger partial charge in [0.15, 0.2) is 11.5 Å². The lowest BCUT2D eigenvalue weighted by molar-refractivity contribution is -0.120. The van der Waals surface area contributed by atoms with Crippen molar-refractivity contribution in [2.45, 2.75) is 44.9 Å². The predicted octanol–water partition coefficient (Wildman–Crippen LogP) is 3.08. The molecule has 1 aliphatic heterocycles. The molecule has 0 aromatic heterocycles. The molecule has 3 atom stereocenters. The van der Waals surface area contributed by atoms with Crippen LogP contribution in [0.1, 0.15) is 44.9 Å². The Hall–Kier alpha value is -0.790. The number of carbonyl (C=O) groups excluding carboxylic acids is 1. The molecule has 1 heterocycles. The van der Waals surface area contributed by atoms with Gasteiger partial charge in [0.25, 0.3) is 0 Å². The molecule has 2 nitrogen and oxygen atoms in total. The molecule has 3 unspecified atom stereocenters. The van der Waals surface area contributed by atoms with Gasteiger partial charge in [0.2, 0.25) is 0 Å². The van der Waals surface area contributed by atoms with Gasteiger partial charge in [0.1, 0.15) is 0 Å². The molecule has 2 saturated carbocycles. The smallest absolute Gasteiger partial charge is 0.197 e. The normalized spacial score (nSPS) is 37.0. The van der Waals surface area contributed by atoms with Crippen LogP contribution in [0.5, 0.6) is 0 Å². The predicted molar refractivity (Wildman–Crippen MR) is 61.8 cm³/mol. The van der Waals surface area contributed by atoms with E-state index < -0.39 is 0 Å². The van der Waals surface area contributed by atoms with Crippen molar-refractivity contribution in [2.75, 3.05) is 6.61 Å². The molecule has 3 aliphatic rings. The van der Waals surface area contributed by atoms with Gasteiger partial charge in [-0.15, -0.1) is 0 Å². The molecule has 2 aliphatic carbocycles. The summed E-state index contributed by atoms with van der Waals surface area (Å²) in [5.74, 6) is 3.37. The number of hydrogen-bond donors (Lipinski definition) is 0. The Labute approximate surface area is 97.1 Å². The van der Waals surface area contributed by atoms with Gasteiger partial charge in [0, 0.05) is 6.42 Å². The van der Waals surface area contributed by atoms with Crippen LogP contribution in [0.2, 0.25) is 0 Å². The summed E-state index contributed by atoms with van der Waals surface area (Å²) in [6.45, 7) is 0.730. The molecule has 2 bridgehead atoms. The van der Waals surface area contributed by atoms with E-state index in [2.05, 4.69) is 0 Å². The number of hydrogen-bond acceptors (Lipinski definition) is 2. The number of allylic oxidation sites excluding steroid dienone is 2. The minimum atomic E-state index is 0.261. The van der Waals surface area contributed by atoms with Crippen molar-refractivity contribution in [1.29, 1.82) is 0 Å². The number of carbonyl (C=O) groups is 1. The largest absolute Gasteiger partial charge is 0.490 e. The molecule has 0 spiro atoms. The molecule has 0 N–H and O–H groups in total. The zero-order valence-corrected chi connectivity index (χ0v) is 9.78. The minimum Gasteiger partial charge on any atom is -0.490 e. The molecule has 0 radical (unpaired) electrons. The highest BCUT2D eigenvalue weighted by Crippen LogP contribution is 2.49. The third-order valence-corrected chi connectivity index (χ3v) is 4.54. The average molecular weight is 220 g/mol. The van der Waals surface area contributed by atoms with Gasteiger partial charge in [-0.2, -0.15) is 0 Å². The van der Waals surface area contributed by atoms with E-state index in [0.717, 1.165) is 37.7 Å². The van der Waals surface area contributed by atoms with E-state index in [9.17, 15) is 4.79 Å². The monoisotopic (exact) mass is 220 g/mol. The number of Topliss-reactive ketones (excluding diaryl/α,β-unsaturated/α-hetero) is 1. The second kappa shape index (κ2) is 4.23. The van der Waals surface area contributed by atoms with Crippen LogP contribution in [-0.4, -0.2) is 12.4 Å². The number of rotatable bonds is 3. The van der Waals surface area contributed by atoms with E-state index in [-0.39, 0.29) is 5.78 Å². The first-order valence-corrected chi connectivity index (χ1v) is 6.69. The summed E-state index contributed by atoms with van der Waals surface area (Å²) in [7, 11) is 0. The topological polar surface area (TPSA) is 26.3 Å². The maximum Gasteiger partial charge on any atom is 0.197 e. The summed E-state index contributed by atoms with van der Waals surface area (Å²) in [6.07, 6.45) is 10.3. The number of ether oxygens (including phenoxy) is 1. The van der Waals surface area contributed by atoms with E-state index in [1.807, 2.05) is 6.08 Å². The first kappa shape index (κ1) is 10.4. The fourth-order valence-corrected chi connectivity index (χ4v) is 3.72. The molecule has 0 amide bonds. The van der Waals surface area contributed by atoms with Crippen molar-refractivity contribution < 1.29 is 9.53 Å². The standard InChI is InChI=1S/C14H20O2/c15-13(14-3-1-2-6-16-14)9-12-8-10-4-5-11(12)7-10/h3,10-12H,1-2,4-9H2. The molecule has 0 aromatic rings. The van der Waals surface area contributed by atoms with Gasteiger partial charge in [-0.25, -0.2) is 0 Å². The second-order valence-corrected chi connectivity index (χ2v) is 5.62. The van der Waals surface area contributed by atoms with Gasteiger partial charge in [0.05, 0.1) is 6.61 Å². The van der Waals surface area contributed by atoms with Gasteiger partial charge < -0.3 is 4.74 Å². The van der Waals surface area contributed by atoms with Gasteiger partial charge >= 0.3 is 0 Å². The fraction of sp³-hybridized carbons (Fsp3) is 0.786. The highest BCUT2D eigenvalue weighted by atomic mass is 16.5. The lowest BCUT2D eigenvalue weighted by Gasteiger charge is -2.22. The molecule has 3 rings (SSSR count). The molecule has 88 valence electrons. The Morgan fingerprint density at radius 2 is 2.31 bits per heavy atom. The van der Waals surface area contributed by atoms with Gasteiger partial charge in [-0.1, -0.05) is 6.42 Å². The molecule has 0 aromatic carbocycles. The summed E-state index contributed by atoms with van der Waals surface area (Å²) in [4.78, 5) is 12.0. The Morgan fingerprint density at radius 3 is 2.94 bits per heavy atom. The second-order valence-electron chi connectivity index (χ2n) is 5.62. The van der Waals surface area contributed by atoms with E-state index >= 15 is 0 Å². The van der Waals surface area contributed by atoms with Crippen LogP contribution in [0.15, 0.2) is 11.8 Å². The van der Waals surface area contributed by atoms with Gasteiger partial charge in [-0.3, -0.25) is 4.79 Å². The highest BCUT2D eigenvalue weighted by Gasteiger charge is 2.40. The van der Waals surface area contributed by atoms with Crippen LogP contribution in [0.4, 0.5) is 0 Å². The number of fused-ring (bicyclic) bond motifs is 2. The van der Waals surface area contributed by atoms with Gasteiger partial charge in [-0.05, 0) is 55.9 Å². The zero-order chi connectivity index (χ0) is 11.0. The maximum atomic E-state index is 12.0. The quantitative estimate of drug-likeness (QED) is 0.730. The van der Waals surface area contributed by atoms with Crippen LogP contribution in [-0.2, 0) is 9.53 Å². The van der Waals surface area contributed by atoms with E-state index in [1.165, 1.54) is 25.7 Å². The molecule has 2 fully saturated rings. The van der Waals surface area contributed by atoms with E-state index in [1.54, 1.807) is 0 Å². The molecule has 16 heavy (non-hydrogen) atoms. The van der Waals surface area contributed by atoms with Crippen molar-refractivity contribution >= 4 is 5.78 Å². The van der Waals surface area contributed by atoms with E-state index in [0.29, 0.717) is 11.7 Å². The minimum absolute atomic E-state index is 0.261. The molecule has 0 saturated heterocycles. The first-order valence-electron chi connectivity index (χ1n) is 6.69. The maximum absolute atomic E-state index is 12.0. The zero-order valence-electron chi connectivity index (χ0n) is 9.78. The summed E-state index contributed by atoms with van der Waals surface area (Å²) in [5.41, 5.74) is 0. The molecule has 2 heteroatoms.